The van der Waals surface area contributed by atoms with Crippen molar-refractivity contribution >= 4 is 43.7 Å². The molecule has 6 heteroatoms. The molecule has 10 aromatic rings. The lowest BCUT2D eigenvalue weighted by molar-refractivity contribution is 0.670. The molecule has 0 N–H and O–H groups in total. The third-order valence-corrected chi connectivity index (χ3v) is 9.28. The second kappa shape index (κ2) is 11.4. The molecular formula is C44H27N5O. The molecule has 4 heterocycles. The number of aromatic nitrogens is 5. The molecule has 0 fully saturated rings. The number of fused-ring (bicyclic) bond motifs is 7. The predicted molar refractivity (Wildman–Crippen MR) is 201 cm³/mol. The van der Waals surface area contributed by atoms with E-state index in [0.29, 0.717) is 17.5 Å². The second-order valence-corrected chi connectivity index (χ2v) is 12.3. The predicted octanol–water partition coefficient (Wildman–Crippen LogP) is 10.9. The molecule has 50 heavy (non-hydrogen) atoms. The molecule has 4 aromatic heterocycles. The van der Waals surface area contributed by atoms with Crippen LogP contribution in [0.25, 0.3) is 94.9 Å². The van der Waals surface area contributed by atoms with Crippen LogP contribution < -0.4 is 0 Å². The first kappa shape index (κ1) is 28.1. The molecule has 0 aliphatic heterocycles. The number of nitrogens with zero attached hydrogens (tertiary/aromatic N) is 5. The highest BCUT2D eigenvalue weighted by molar-refractivity contribution is 6.26. The lowest BCUT2D eigenvalue weighted by Gasteiger charge is -2.11. The molecule has 10 rings (SSSR count). The Morgan fingerprint density at radius 1 is 0.480 bits per heavy atom. The van der Waals surface area contributed by atoms with E-state index in [0.717, 1.165) is 72.0 Å². The Morgan fingerprint density at radius 2 is 1.10 bits per heavy atom. The van der Waals surface area contributed by atoms with Gasteiger partial charge in [0.1, 0.15) is 11.2 Å². The molecule has 0 aliphatic carbocycles. The number of rotatable bonds is 5. The van der Waals surface area contributed by atoms with Gasteiger partial charge in [0.25, 0.3) is 0 Å². The van der Waals surface area contributed by atoms with Gasteiger partial charge in [0, 0.05) is 50.3 Å². The lowest BCUT2D eigenvalue weighted by Crippen LogP contribution is -2.00. The summed E-state index contributed by atoms with van der Waals surface area (Å²) in [7, 11) is 0. The normalized spacial score (nSPS) is 11.6. The molecule has 0 saturated heterocycles. The smallest absolute Gasteiger partial charge is 0.164 e. The fraction of sp³-hybridized carbons (Fsp3) is 0. The average Bonchev–Trinajstić information content (AvgIpc) is 3.74. The number of hydrogen-bond donors (Lipinski definition) is 0. The second-order valence-electron chi connectivity index (χ2n) is 12.3. The van der Waals surface area contributed by atoms with Crippen LogP contribution in [0.4, 0.5) is 0 Å². The quantitative estimate of drug-likeness (QED) is 0.187. The Bertz CT molecular complexity index is 2790. The molecule has 0 unspecified atom stereocenters. The van der Waals surface area contributed by atoms with Gasteiger partial charge in [0.05, 0.1) is 22.1 Å². The highest BCUT2D eigenvalue weighted by Gasteiger charge is 2.23. The van der Waals surface area contributed by atoms with Gasteiger partial charge in [-0.15, -0.1) is 0 Å². The molecule has 0 saturated carbocycles. The van der Waals surface area contributed by atoms with Crippen molar-refractivity contribution in [1.82, 2.24) is 24.5 Å². The topological polar surface area (TPSA) is 69.6 Å². The van der Waals surface area contributed by atoms with Crippen molar-refractivity contribution in [3.8, 4) is 51.1 Å². The Hall–Kier alpha value is -6.92. The number of para-hydroxylation sites is 2. The summed E-state index contributed by atoms with van der Waals surface area (Å²) < 4.78 is 9.15. The molecular weight excluding hydrogens is 615 g/mol. The van der Waals surface area contributed by atoms with E-state index in [1.807, 2.05) is 91.1 Å². The molecule has 0 spiro atoms. The van der Waals surface area contributed by atoms with Crippen LogP contribution >= 0.6 is 0 Å². The summed E-state index contributed by atoms with van der Waals surface area (Å²) in [6.45, 7) is 0. The van der Waals surface area contributed by atoms with E-state index < -0.39 is 0 Å². The van der Waals surface area contributed by atoms with Crippen molar-refractivity contribution in [2.45, 2.75) is 0 Å². The minimum absolute atomic E-state index is 0.571. The van der Waals surface area contributed by atoms with Crippen LogP contribution in [-0.4, -0.2) is 24.5 Å². The van der Waals surface area contributed by atoms with Gasteiger partial charge in [-0.3, -0.25) is 4.98 Å². The van der Waals surface area contributed by atoms with Crippen molar-refractivity contribution in [3.63, 3.8) is 0 Å². The largest absolute Gasteiger partial charge is 0.455 e. The minimum atomic E-state index is 0.571. The van der Waals surface area contributed by atoms with Crippen molar-refractivity contribution in [2.75, 3.05) is 0 Å². The van der Waals surface area contributed by atoms with E-state index in [1.54, 1.807) is 0 Å². The van der Waals surface area contributed by atoms with Gasteiger partial charge in [0.2, 0.25) is 0 Å². The van der Waals surface area contributed by atoms with E-state index in [4.69, 9.17) is 24.4 Å². The monoisotopic (exact) mass is 641 g/mol. The maximum absolute atomic E-state index is 6.80. The summed E-state index contributed by atoms with van der Waals surface area (Å²) in [5.41, 5.74) is 9.22. The number of hydrogen-bond acceptors (Lipinski definition) is 5. The number of benzene rings is 6. The van der Waals surface area contributed by atoms with Crippen LogP contribution in [-0.2, 0) is 0 Å². The van der Waals surface area contributed by atoms with Gasteiger partial charge < -0.3 is 8.98 Å². The summed E-state index contributed by atoms with van der Waals surface area (Å²) >= 11 is 0. The molecule has 0 radical (unpaired) electrons. The molecule has 6 aromatic carbocycles. The fourth-order valence-corrected chi connectivity index (χ4v) is 7.04. The third kappa shape index (κ3) is 4.50. The first-order chi connectivity index (χ1) is 24.8. The Balaban J connectivity index is 1.34. The zero-order valence-electron chi connectivity index (χ0n) is 26.7. The van der Waals surface area contributed by atoms with Crippen molar-refractivity contribution in [3.05, 3.63) is 164 Å². The van der Waals surface area contributed by atoms with Crippen LogP contribution in [0.15, 0.2) is 168 Å². The Kier molecular flexibility index (Phi) is 6.39. The molecule has 0 atom stereocenters. The standard InChI is InChI=1S/C44H27N5O/c1-4-14-28(15-5-1)42-46-43(29-16-6-2-7-17-29)48-44(47-42)30-26-34(36-21-12-13-25-45-36)41-35(27-30)39-38(50-41)24-23-33-32-20-10-11-22-37(32)49(40(33)39)31-18-8-3-9-19-31/h1-27H. The minimum Gasteiger partial charge on any atom is -0.455 e. The van der Waals surface area contributed by atoms with Gasteiger partial charge in [-0.2, -0.15) is 0 Å². The van der Waals surface area contributed by atoms with Gasteiger partial charge in [-0.25, -0.2) is 15.0 Å². The fourth-order valence-electron chi connectivity index (χ4n) is 7.04. The van der Waals surface area contributed by atoms with Crippen LogP contribution in [0.5, 0.6) is 0 Å². The van der Waals surface area contributed by atoms with Crippen LogP contribution in [0, 0.1) is 0 Å². The van der Waals surface area contributed by atoms with Crippen molar-refractivity contribution in [2.24, 2.45) is 0 Å². The molecule has 0 bridgehead atoms. The SMILES string of the molecule is c1ccc(-c2nc(-c3ccccc3)nc(-c3cc(-c4ccccn4)c4oc5ccc6c7ccccc7n(-c7ccccc7)c6c5c4c3)n2)cc1. The van der Waals surface area contributed by atoms with Gasteiger partial charge in [0.15, 0.2) is 17.5 Å². The first-order valence-corrected chi connectivity index (χ1v) is 16.6. The maximum atomic E-state index is 6.80. The van der Waals surface area contributed by atoms with Crippen LogP contribution in [0.3, 0.4) is 0 Å². The highest BCUT2D eigenvalue weighted by atomic mass is 16.3. The number of furan rings is 1. The Labute approximate surface area is 287 Å². The van der Waals surface area contributed by atoms with Gasteiger partial charge >= 0.3 is 0 Å². The third-order valence-electron chi connectivity index (χ3n) is 9.28. The Morgan fingerprint density at radius 3 is 1.78 bits per heavy atom. The summed E-state index contributed by atoms with van der Waals surface area (Å²) in [4.78, 5) is 19.9. The summed E-state index contributed by atoms with van der Waals surface area (Å²) in [5, 5.41) is 4.33. The first-order valence-electron chi connectivity index (χ1n) is 16.6. The zero-order chi connectivity index (χ0) is 33.0. The molecule has 0 aliphatic rings. The summed E-state index contributed by atoms with van der Waals surface area (Å²) in [5.74, 6) is 1.79. The summed E-state index contributed by atoms with van der Waals surface area (Å²) in [6, 6.07) is 53.6. The zero-order valence-corrected chi connectivity index (χ0v) is 26.7. The number of pyridine rings is 1. The maximum Gasteiger partial charge on any atom is 0.164 e. The lowest BCUT2D eigenvalue weighted by atomic mass is 10.0. The van der Waals surface area contributed by atoms with Crippen LogP contribution in [0.2, 0.25) is 0 Å². The molecule has 234 valence electrons. The van der Waals surface area contributed by atoms with E-state index in [-0.39, 0.29) is 0 Å². The van der Waals surface area contributed by atoms with E-state index in [2.05, 4.69) is 77.4 Å². The van der Waals surface area contributed by atoms with Gasteiger partial charge in [-0.05, 0) is 54.6 Å². The van der Waals surface area contributed by atoms with E-state index in [9.17, 15) is 0 Å². The molecule has 6 nitrogen and oxygen atoms in total. The van der Waals surface area contributed by atoms with Crippen molar-refractivity contribution in [1.29, 1.82) is 0 Å². The van der Waals surface area contributed by atoms with Gasteiger partial charge in [-0.1, -0.05) is 103 Å². The highest BCUT2D eigenvalue weighted by Crippen LogP contribution is 2.44. The van der Waals surface area contributed by atoms with Crippen LogP contribution in [0.1, 0.15) is 0 Å². The molecule has 0 amide bonds. The van der Waals surface area contributed by atoms with E-state index in [1.165, 1.54) is 5.39 Å². The van der Waals surface area contributed by atoms with E-state index >= 15 is 0 Å². The summed E-state index contributed by atoms with van der Waals surface area (Å²) in [6.07, 6.45) is 1.81. The average molecular weight is 642 g/mol. The van der Waals surface area contributed by atoms with Crippen molar-refractivity contribution < 1.29 is 4.42 Å².